The molecule has 2 nitrogen and oxygen atoms in total. The van der Waals surface area contributed by atoms with Crippen molar-refractivity contribution in [3.8, 4) is 0 Å². The predicted molar refractivity (Wildman–Crippen MR) is 208 cm³/mol. The molecule has 0 N–H and O–H groups in total. The molecule has 47 heavy (non-hydrogen) atoms. The van der Waals surface area contributed by atoms with Gasteiger partial charge < -0.3 is 0 Å². The van der Waals surface area contributed by atoms with Gasteiger partial charge >= 0.3 is 33.0 Å². The molecule has 6 rings (SSSR count). The summed E-state index contributed by atoms with van der Waals surface area (Å²) in [6.45, 7) is 4.85. The van der Waals surface area contributed by atoms with Gasteiger partial charge in [-0.1, -0.05) is 171 Å². The van der Waals surface area contributed by atoms with Gasteiger partial charge in [-0.2, -0.15) is 0 Å². The Labute approximate surface area is 295 Å². The molecule has 0 aromatic heterocycles. The van der Waals surface area contributed by atoms with Crippen molar-refractivity contribution in [3.63, 3.8) is 0 Å². The van der Waals surface area contributed by atoms with Gasteiger partial charge in [0.25, 0.3) is 0 Å². The molecular formula is C40H36Cl2N2NiSi2. The van der Waals surface area contributed by atoms with Crippen LogP contribution >= 0.6 is 20.4 Å². The number of hydrogen-bond acceptors (Lipinski definition) is 2. The molecule has 238 valence electrons. The van der Waals surface area contributed by atoms with E-state index in [-0.39, 0.29) is 0 Å². The molecule has 0 saturated heterocycles. The Morgan fingerprint density at radius 3 is 0.915 bits per heavy atom. The van der Waals surface area contributed by atoms with E-state index in [2.05, 4.69) is 183 Å². The second-order valence-corrected chi connectivity index (χ2v) is 20.9. The number of halogens is 2. The summed E-state index contributed by atoms with van der Waals surface area (Å²) in [5.74, 6) is 0. The molecule has 0 heterocycles. The van der Waals surface area contributed by atoms with Gasteiger partial charge in [0.2, 0.25) is 0 Å². The Morgan fingerprint density at radius 1 is 0.404 bits per heavy atom. The number of benzene rings is 6. The summed E-state index contributed by atoms with van der Waals surface area (Å²) in [7, 11) is 4.79. The average Bonchev–Trinajstić information content (AvgIpc) is 3.15. The first-order valence-electron chi connectivity index (χ1n) is 15.3. The van der Waals surface area contributed by atoms with Crippen LogP contribution in [0.2, 0.25) is 13.1 Å². The van der Waals surface area contributed by atoms with Gasteiger partial charge in [-0.15, -0.1) is 0 Å². The molecule has 0 fully saturated rings. The van der Waals surface area contributed by atoms with Gasteiger partial charge in [0, 0.05) is 12.4 Å². The molecule has 6 aromatic carbocycles. The molecule has 0 amide bonds. The van der Waals surface area contributed by atoms with Crippen LogP contribution in [0.3, 0.4) is 0 Å². The SMILES string of the molecule is C[Si](c1ccccc1)(c1ccccc1)c1ccccc1N=CC=Nc1ccccc1[Si](C)(c1ccccc1)c1ccccc1.[Cl][Ni][Cl]. The van der Waals surface area contributed by atoms with E-state index in [0.717, 1.165) is 11.4 Å². The van der Waals surface area contributed by atoms with Gasteiger partial charge in [-0.25, -0.2) is 0 Å². The van der Waals surface area contributed by atoms with Gasteiger partial charge in [-0.3, -0.25) is 9.98 Å². The molecule has 0 unspecified atom stereocenters. The van der Waals surface area contributed by atoms with Gasteiger partial charge in [0.1, 0.15) is 16.1 Å². The van der Waals surface area contributed by atoms with Crippen LogP contribution in [0.1, 0.15) is 0 Å². The van der Waals surface area contributed by atoms with Crippen LogP contribution < -0.4 is 31.1 Å². The number of rotatable bonds is 9. The summed E-state index contributed by atoms with van der Waals surface area (Å²) in [6, 6.07) is 60.7. The molecule has 0 aliphatic heterocycles. The second kappa shape index (κ2) is 16.8. The first kappa shape index (κ1) is 34.5. The van der Waals surface area contributed by atoms with Crippen LogP contribution in [0.25, 0.3) is 0 Å². The summed E-state index contributed by atoms with van der Waals surface area (Å²) in [4.78, 5) is 10.0. The Hall–Kier alpha value is -3.83. The third kappa shape index (κ3) is 7.84. The zero-order chi connectivity index (χ0) is 33.0. The van der Waals surface area contributed by atoms with Crippen molar-refractivity contribution in [1.82, 2.24) is 0 Å². The van der Waals surface area contributed by atoms with Gasteiger partial charge in [-0.05, 0) is 43.3 Å². The van der Waals surface area contributed by atoms with Crippen molar-refractivity contribution in [1.29, 1.82) is 0 Å². The predicted octanol–water partition coefficient (Wildman–Crippen LogP) is 7.37. The number of aliphatic imine (C=N–C) groups is 2. The molecule has 0 radical (unpaired) electrons. The van der Waals surface area contributed by atoms with E-state index in [1.807, 2.05) is 12.4 Å². The average molecular weight is 731 g/mol. The van der Waals surface area contributed by atoms with Gasteiger partial charge in [0.15, 0.2) is 0 Å². The maximum atomic E-state index is 5.02. The molecule has 0 aliphatic rings. The molecule has 0 atom stereocenters. The molecule has 7 heteroatoms. The molecule has 0 aliphatic carbocycles. The third-order valence-corrected chi connectivity index (χ3v) is 17.7. The summed E-state index contributed by atoms with van der Waals surface area (Å²) >= 11 is 0.569. The van der Waals surface area contributed by atoms with Crippen LogP contribution in [0.5, 0.6) is 0 Å². The summed E-state index contributed by atoms with van der Waals surface area (Å²) < 4.78 is 0. The molecule has 0 saturated carbocycles. The summed E-state index contributed by atoms with van der Waals surface area (Å²) in [5, 5.41) is 8.03. The number of para-hydroxylation sites is 2. The summed E-state index contributed by atoms with van der Waals surface area (Å²) in [5.41, 5.74) is 1.98. The number of nitrogens with zero attached hydrogens (tertiary/aromatic N) is 2. The Balaban J connectivity index is 0.00000139. The Morgan fingerprint density at radius 2 is 0.638 bits per heavy atom. The number of hydrogen-bond donors (Lipinski definition) is 0. The van der Waals surface area contributed by atoms with Crippen molar-refractivity contribution in [2.75, 3.05) is 0 Å². The second-order valence-electron chi connectivity index (χ2n) is 11.3. The van der Waals surface area contributed by atoms with Crippen LogP contribution in [-0.2, 0) is 12.7 Å². The zero-order valence-electron chi connectivity index (χ0n) is 26.3. The fraction of sp³-hybridized carbons (Fsp3) is 0.0500. The van der Waals surface area contributed by atoms with E-state index < -0.39 is 16.1 Å². The molecule has 6 aromatic rings. The maximum absolute atomic E-state index is 5.02. The molecule has 0 spiro atoms. The fourth-order valence-electron chi connectivity index (χ4n) is 6.29. The van der Waals surface area contributed by atoms with Crippen molar-refractivity contribution < 1.29 is 12.7 Å². The van der Waals surface area contributed by atoms with E-state index in [0.29, 0.717) is 12.7 Å². The first-order chi connectivity index (χ1) is 23.0. The van der Waals surface area contributed by atoms with Crippen LogP contribution in [0.4, 0.5) is 11.4 Å². The van der Waals surface area contributed by atoms with E-state index in [1.165, 1.54) is 31.1 Å². The van der Waals surface area contributed by atoms with Crippen LogP contribution in [-0.4, -0.2) is 28.6 Å². The van der Waals surface area contributed by atoms with E-state index in [1.54, 1.807) is 0 Å². The van der Waals surface area contributed by atoms with E-state index in [4.69, 9.17) is 30.4 Å². The van der Waals surface area contributed by atoms with Gasteiger partial charge in [0.05, 0.1) is 11.4 Å². The normalized spacial score (nSPS) is 11.8. The minimum absolute atomic E-state index is 0.569. The van der Waals surface area contributed by atoms with Crippen LogP contribution in [0.15, 0.2) is 180 Å². The Bertz CT molecular complexity index is 1690. The molecule has 0 bridgehead atoms. The van der Waals surface area contributed by atoms with Crippen molar-refractivity contribution in [2.45, 2.75) is 13.1 Å². The van der Waals surface area contributed by atoms with E-state index in [9.17, 15) is 0 Å². The topological polar surface area (TPSA) is 24.7 Å². The van der Waals surface area contributed by atoms with Crippen LogP contribution in [0, 0.1) is 0 Å². The zero-order valence-corrected chi connectivity index (χ0v) is 30.8. The quantitative estimate of drug-likeness (QED) is 0.0845. The van der Waals surface area contributed by atoms with Crippen molar-refractivity contribution in [3.05, 3.63) is 170 Å². The first-order valence-corrected chi connectivity index (χ1v) is 23.1. The monoisotopic (exact) mass is 728 g/mol. The van der Waals surface area contributed by atoms with Crippen molar-refractivity contribution >= 4 is 91.5 Å². The van der Waals surface area contributed by atoms with E-state index >= 15 is 0 Å². The molecular weight excluding hydrogens is 694 g/mol. The standard InChI is InChI=1S/C40H36N2Si2.2ClH.Ni/c1-43(33-19-7-3-8-20-33,34-21-9-4-10-22-34)39-29-17-15-27-37(39)41-31-32-42-38-28-16-18-30-40(38)44(2,35-23-11-5-12-24-35)36-25-13-6-14-26-36;;;/h3-32H,1-2H3;2*1H;/q;;;+2/p-2. The summed E-state index contributed by atoms with van der Waals surface area (Å²) in [6.07, 6.45) is 3.70. The third-order valence-electron chi connectivity index (χ3n) is 8.78. The van der Waals surface area contributed by atoms with Crippen molar-refractivity contribution in [2.24, 2.45) is 9.98 Å². The Kier molecular flexibility index (Phi) is 12.4. The fourth-order valence-corrected chi connectivity index (χ4v) is 13.8. The minimum atomic E-state index is -2.31.